The Morgan fingerprint density at radius 1 is 0.448 bits per heavy atom. The van der Waals surface area contributed by atoms with Gasteiger partial charge in [-0.3, -0.25) is 0 Å². The normalized spacial score (nSPS) is 10.9. The van der Waals surface area contributed by atoms with Crippen molar-refractivity contribution in [3.05, 3.63) is 104 Å². The molecular formula is C48H69Br3N4NaO2-. The number of hydrogen-bond donors (Lipinski definition) is 0. The summed E-state index contributed by atoms with van der Waals surface area (Å²) in [5.74, 6) is 0. The van der Waals surface area contributed by atoms with Crippen LogP contribution in [0.5, 0.6) is 0 Å². The molecule has 0 unspecified atom stereocenters. The summed E-state index contributed by atoms with van der Waals surface area (Å²) < 4.78 is 10.0. The summed E-state index contributed by atoms with van der Waals surface area (Å²) in [7, 11) is 0. The van der Waals surface area contributed by atoms with Crippen molar-refractivity contribution in [1.82, 2.24) is 9.97 Å². The van der Waals surface area contributed by atoms with Crippen LogP contribution in [-0.4, -0.2) is 60.1 Å². The van der Waals surface area contributed by atoms with Gasteiger partial charge in [-0.1, -0.05) is 139 Å². The largest absolute Gasteiger partial charge is 1.00 e. The van der Waals surface area contributed by atoms with Gasteiger partial charge >= 0.3 is 29.6 Å². The van der Waals surface area contributed by atoms with E-state index in [-0.39, 0.29) is 54.0 Å². The molecule has 0 N–H and O–H groups in total. The van der Waals surface area contributed by atoms with E-state index in [1.165, 1.54) is 93.4 Å². The van der Waals surface area contributed by atoms with Crippen LogP contribution in [0.1, 0.15) is 98.3 Å². The van der Waals surface area contributed by atoms with Crippen LogP contribution in [0.3, 0.4) is 0 Å². The van der Waals surface area contributed by atoms with Crippen LogP contribution in [0.15, 0.2) is 97.1 Å². The number of alkyl halides is 2. The first kappa shape index (κ1) is 56.4. The number of rotatable bonds is 19. The molecule has 0 fully saturated rings. The van der Waals surface area contributed by atoms with Gasteiger partial charge in [-0.25, -0.2) is 9.97 Å². The third-order valence-electron chi connectivity index (χ3n) is 9.19. The molecule has 6 nitrogen and oxygen atoms in total. The van der Waals surface area contributed by atoms with Crippen molar-refractivity contribution in [3.63, 3.8) is 0 Å². The topological polar surface area (TPSA) is 50.7 Å². The minimum atomic E-state index is 0. The summed E-state index contributed by atoms with van der Waals surface area (Å²) in [6.45, 7) is 13.6. The van der Waals surface area contributed by atoms with Gasteiger partial charge < -0.3 is 43.7 Å². The molecule has 0 atom stereocenters. The van der Waals surface area contributed by atoms with Gasteiger partial charge in [0.2, 0.25) is 0 Å². The van der Waals surface area contributed by atoms with Gasteiger partial charge in [0, 0.05) is 37.0 Å². The van der Waals surface area contributed by atoms with Crippen molar-refractivity contribution >= 4 is 76.7 Å². The number of halogens is 3. The molecule has 58 heavy (non-hydrogen) atoms. The Balaban J connectivity index is 0.000000853. The maximum atomic E-state index is 5.01. The molecule has 316 valence electrons. The van der Waals surface area contributed by atoms with E-state index in [9.17, 15) is 0 Å². The first-order valence-electron chi connectivity index (χ1n) is 20.7. The maximum absolute atomic E-state index is 5.01. The standard InChI is InChI=1S/C22H28Br2N2.C12H8N2.C7H16.C6H14O2.CH3.BrH.Na/c23-15-7-1-9-17-25-19-11-3-5-13-21(19)26(18-10-2-8-16-24)22-14-6-4-12-20(22)25;1-2-6-10-9(5-1)13-11-7-3-4-8-12(11)14-10;1-3-5-7-6-4-2;1-3-7-5-6-8-4-2;;;/h3-6,11-14H,1-2,7-10,15-18H2;1-8H;3-7H2,1-2H3;3-6H2,1-2H3;1H3;1H;/q;;;;-1;;+1/p-1. The molecule has 1 aromatic heterocycles. The van der Waals surface area contributed by atoms with Crippen LogP contribution in [-0.2, 0) is 9.47 Å². The van der Waals surface area contributed by atoms with Crippen LogP contribution < -0.4 is 56.3 Å². The van der Waals surface area contributed by atoms with Gasteiger partial charge in [-0.05, 0) is 88.1 Å². The Kier molecular flexibility index (Phi) is 35.2. The molecule has 1 aliphatic rings. The fraction of sp³-hybridized carbons (Fsp3) is 0.479. The smallest absolute Gasteiger partial charge is 1.00 e. The van der Waals surface area contributed by atoms with Crippen molar-refractivity contribution < 1.29 is 56.0 Å². The Hall–Kier alpha value is -1.56. The van der Waals surface area contributed by atoms with E-state index >= 15 is 0 Å². The molecule has 2 heterocycles. The predicted octanol–water partition coefficient (Wildman–Crippen LogP) is 8.68. The number of benzene rings is 4. The molecule has 0 spiro atoms. The number of nitrogens with zero attached hydrogens (tertiary/aromatic N) is 4. The van der Waals surface area contributed by atoms with Crippen molar-refractivity contribution in [2.45, 2.75) is 98.3 Å². The van der Waals surface area contributed by atoms with Crippen LogP contribution in [0.4, 0.5) is 22.7 Å². The number of para-hydroxylation sites is 8. The average molecular weight is 997 g/mol. The number of hydrogen-bond acceptors (Lipinski definition) is 6. The molecule has 0 aliphatic carbocycles. The SMILES string of the molecule is BrCCCCCN1c2ccccc2N(CCCCCBr)c2ccccc21.CCCCCCC.CCOCCOCC.[Br-].[CH3-].[Na+].c1ccc2nc3ccccc3nc2c1. The molecule has 1 aliphatic heterocycles. The van der Waals surface area contributed by atoms with Gasteiger partial charge in [-0.15, -0.1) is 0 Å². The van der Waals surface area contributed by atoms with Crippen LogP contribution in [0, 0.1) is 7.43 Å². The zero-order valence-electron chi connectivity index (χ0n) is 36.4. The van der Waals surface area contributed by atoms with Crippen LogP contribution in [0.2, 0.25) is 0 Å². The molecule has 0 radical (unpaired) electrons. The van der Waals surface area contributed by atoms with Crippen molar-refractivity contribution in [2.75, 3.05) is 60.0 Å². The first-order chi connectivity index (χ1) is 27.1. The van der Waals surface area contributed by atoms with Crippen LogP contribution in [0.25, 0.3) is 22.1 Å². The second kappa shape index (κ2) is 36.1. The zero-order valence-corrected chi connectivity index (χ0v) is 43.2. The summed E-state index contributed by atoms with van der Waals surface area (Å²) in [5, 5.41) is 2.20. The van der Waals surface area contributed by atoms with E-state index in [4.69, 9.17) is 9.47 Å². The van der Waals surface area contributed by atoms with Crippen molar-refractivity contribution in [3.8, 4) is 0 Å². The number of anilines is 4. The van der Waals surface area contributed by atoms with Crippen molar-refractivity contribution in [2.24, 2.45) is 0 Å². The number of aromatic nitrogens is 2. The Labute approximate surface area is 402 Å². The summed E-state index contributed by atoms with van der Waals surface area (Å²) in [4.78, 5) is 14.1. The van der Waals surface area contributed by atoms with E-state index in [2.05, 4.69) is 114 Å². The molecule has 4 aromatic carbocycles. The Morgan fingerprint density at radius 3 is 1.02 bits per heavy atom. The van der Waals surface area contributed by atoms with Gasteiger partial charge in [-0.2, -0.15) is 0 Å². The fourth-order valence-electron chi connectivity index (χ4n) is 6.31. The molecule has 10 heteroatoms. The summed E-state index contributed by atoms with van der Waals surface area (Å²) in [6, 6.07) is 33.6. The summed E-state index contributed by atoms with van der Waals surface area (Å²) >= 11 is 7.09. The number of unbranched alkanes of at least 4 members (excludes halogenated alkanes) is 8. The van der Waals surface area contributed by atoms with Gasteiger partial charge in [0.05, 0.1) is 58.0 Å². The third-order valence-corrected chi connectivity index (χ3v) is 10.3. The zero-order chi connectivity index (χ0) is 39.4. The number of ether oxygens (including phenoxy) is 2. The van der Waals surface area contributed by atoms with E-state index in [0.29, 0.717) is 0 Å². The van der Waals surface area contributed by atoms with E-state index in [1.807, 2.05) is 62.4 Å². The van der Waals surface area contributed by atoms with Gasteiger partial charge in [0.25, 0.3) is 0 Å². The Morgan fingerprint density at radius 2 is 0.741 bits per heavy atom. The van der Waals surface area contributed by atoms with Crippen LogP contribution >= 0.6 is 31.9 Å². The quantitative estimate of drug-likeness (QED) is 0.0272. The molecule has 6 rings (SSSR count). The van der Waals surface area contributed by atoms with E-state index in [0.717, 1.165) is 72.2 Å². The minimum Gasteiger partial charge on any atom is -1.00 e. The van der Waals surface area contributed by atoms with Gasteiger partial charge in [0.15, 0.2) is 0 Å². The second-order valence-electron chi connectivity index (χ2n) is 13.4. The molecular weight excluding hydrogens is 927 g/mol. The monoisotopic (exact) mass is 993 g/mol. The van der Waals surface area contributed by atoms with Crippen molar-refractivity contribution in [1.29, 1.82) is 0 Å². The second-order valence-corrected chi connectivity index (χ2v) is 15.0. The minimum absolute atomic E-state index is 0. The average Bonchev–Trinajstić information content (AvgIpc) is 3.23. The maximum Gasteiger partial charge on any atom is 1.00 e. The van der Waals surface area contributed by atoms with Gasteiger partial charge in [0.1, 0.15) is 0 Å². The molecule has 5 aromatic rings. The molecule has 0 saturated carbocycles. The molecule has 0 bridgehead atoms. The van der Waals surface area contributed by atoms with E-state index in [1.54, 1.807) is 0 Å². The third kappa shape index (κ3) is 20.3. The van der Waals surface area contributed by atoms with E-state index < -0.39 is 0 Å². The molecule has 0 amide bonds. The summed E-state index contributed by atoms with van der Waals surface area (Å²) in [5.41, 5.74) is 9.21. The number of fused-ring (bicyclic) bond motifs is 4. The fourth-order valence-corrected chi connectivity index (χ4v) is 7.11. The Bertz CT molecular complexity index is 1510. The first-order valence-corrected chi connectivity index (χ1v) is 23.0. The summed E-state index contributed by atoms with van der Waals surface area (Å²) in [6.07, 6.45) is 14.5. The molecule has 0 saturated heterocycles. The predicted molar refractivity (Wildman–Crippen MR) is 253 cm³/mol.